The fraction of sp³-hybridized carbons (Fsp3) is 0.600. The van der Waals surface area contributed by atoms with Crippen LogP contribution in [0.1, 0.15) is 26.3 Å². The van der Waals surface area contributed by atoms with Crippen LogP contribution in [0.4, 0.5) is 18.9 Å². The Hall–Kier alpha value is -1.27. The summed E-state index contributed by atoms with van der Waals surface area (Å²) >= 11 is 0. The number of alkyl halides is 2. The van der Waals surface area contributed by atoms with Crippen molar-refractivity contribution in [2.75, 3.05) is 24.6 Å². The second kappa shape index (κ2) is 7.66. The average Bonchev–Trinajstić information content (AvgIpc) is 2.34. The first-order valence-electron chi connectivity index (χ1n) is 6.90. The summed E-state index contributed by atoms with van der Waals surface area (Å²) in [5.41, 5.74) is 0.740. The molecule has 2 N–H and O–H groups in total. The maximum absolute atomic E-state index is 14.1. The van der Waals surface area contributed by atoms with E-state index in [-0.39, 0.29) is 24.4 Å². The molecule has 0 atom stereocenters. The highest BCUT2D eigenvalue weighted by molar-refractivity contribution is 5.49. The van der Waals surface area contributed by atoms with Crippen molar-refractivity contribution < 1.29 is 18.3 Å². The van der Waals surface area contributed by atoms with Gasteiger partial charge in [0.15, 0.2) is 0 Å². The van der Waals surface area contributed by atoms with Crippen LogP contribution in [0, 0.1) is 5.82 Å². The normalized spacial score (nSPS) is 12.0. The van der Waals surface area contributed by atoms with Crippen molar-refractivity contribution in [2.45, 2.75) is 39.3 Å². The van der Waals surface area contributed by atoms with Crippen molar-refractivity contribution in [2.24, 2.45) is 0 Å². The van der Waals surface area contributed by atoms with Gasteiger partial charge in [-0.05, 0) is 38.5 Å². The predicted octanol–water partition coefficient (Wildman–Crippen LogP) is 2.78. The Morgan fingerprint density at radius 3 is 2.43 bits per heavy atom. The van der Waals surface area contributed by atoms with Gasteiger partial charge in [0.05, 0.1) is 18.8 Å². The number of nitrogens with one attached hydrogen (secondary N) is 1. The largest absolute Gasteiger partial charge is 0.395 e. The second-order valence-electron chi connectivity index (χ2n) is 5.95. The Morgan fingerprint density at radius 2 is 1.95 bits per heavy atom. The van der Waals surface area contributed by atoms with Crippen molar-refractivity contribution in [1.29, 1.82) is 0 Å². The number of anilines is 1. The molecule has 0 fully saturated rings. The third kappa shape index (κ3) is 6.35. The molecule has 1 rings (SSSR count). The predicted molar refractivity (Wildman–Crippen MR) is 78.3 cm³/mol. The molecule has 0 bridgehead atoms. The highest BCUT2D eigenvalue weighted by atomic mass is 19.3. The lowest BCUT2D eigenvalue weighted by atomic mass is 10.1. The summed E-state index contributed by atoms with van der Waals surface area (Å²) in [6, 6.07) is 4.52. The van der Waals surface area contributed by atoms with Crippen molar-refractivity contribution in [3.63, 3.8) is 0 Å². The van der Waals surface area contributed by atoms with E-state index in [0.29, 0.717) is 6.54 Å². The maximum atomic E-state index is 14.1. The second-order valence-corrected chi connectivity index (χ2v) is 5.95. The molecule has 3 nitrogen and oxygen atoms in total. The molecule has 0 unspecified atom stereocenters. The first-order valence-corrected chi connectivity index (χ1v) is 6.90. The first-order chi connectivity index (χ1) is 9.73. The Morgan fingerprint density at radius 1 is 1.29 bits per heavy atom. The number of aliphatic hydroxyl groups is 1. The summed E-state index contributed by atoms with van der Waals surface area (Å²) in [4.78, 5) is 1.15. The molecule has 6 heteroatoms. The van der Waals surface area contributed by atoms with Crippen LogP contribution in [0.15, 0.2) is 18.2 Å². The van der Waals surface area contributed by atoms with Crippen LogP contribution in [0.3, 0.4) is 0 Å². The van der Waals surface area contributed by atoms with Crippen LogP contribution in [0.25, 0.3) is 0 Å². The van der Waals surface area contributed by atoms with E-state index in [4.69, 9.17) is 5.11 Å². The Balaban J connectivity index is 2.84. The number of rotatable bonds is 7. The standard InChI is InChI=1S/C15H23F3N2O/c1-15(2,3)19-9-11-4-5-13(12(16)8-11)20(6-7-21)10-14(17)18/h4-5,8,14,19,21H,6-7,9-10H2,1-3H3. The van der Waals surface area contributed by atoms with Crippen LogP contribution in [0.5, 0.6) is 0 Å². The monoisotopic (exact) mass is 304 g/mol. The van der Waals surface area contributed by atoms with Gasteiger partial charge in [-0.15, -0.1) is 0 Å². The van der Waals surface area contributed by atoms with Gasteiger partial charge < -0.3 is 15.3 Å². The number of aliphatic hydroxyl groups excluding tert-OH is 1. The highest BCUT2D eigenvalue weighted by Gasteiger charge is 2.16. The fourth-order valence-corrected chi connectivity index (χ4v) is 1.88. The van der Waals surface area contributed by atoms with Crippen molar-refractivity contribution in [3.05, 3.63) is 29.6 Å². The summed E-state index contributed by atoms with van der Waals surface area (Å²) in [6.07, 6.45) is -2.59. The zero-order valence-electron chi connectivity index (χ0n) is 12.7. The van der Waals surface area contributed by atoms with E-state index in [0.717, 1.165) is 10.5 Å². The van der Waals surface area contributed by atoms with E-state index in [9.17, 15) is 13.2 Å². The molecule has 21 heavy (non-hydrogen) atoms. The molecule has 0 radical (unpaired) electrons. The Labute approximate surface area is 123 Å². The lowest BCUT2D eigenvalue weighted by molar-refractivity contribution is 0.152. The quantitative estimate of drug-likeness (QED) is 0.813. The number of nitrogens with zero attached hydrogens (tertiary/aromatic N) is 1. The lowest BCUT2D eigenvalue weighted by Crippen LogP contribution is -2.35. The topological polar surface area (TPSA) is 35.5 Å². The molecule has 0 saturated heterocycles. The van der Waals surface area contributed by atoms with Gasteiger partial charge in [0.2, 0.25) is 0 Å². The molecule has 1 aromatic rings. The van der Waals surface area contributed by atoms with Gasteiger partial charge >= 0.3 is 0 Å². The molecule has 0 aliphatic heterocycles. The van der Waals surface area contributed by atoms with Crippen LogP contribution in [0.2, 0.25) is 0 Å². The van der Waals surface area contributed by atoms with E-state index >= 15 is 0 Å². The summed E-state index contributed by atoms with van der Waals surface area (Å²) in [7, 11) is 0. The van der Waals surface area contributed by atoms with Gasteiger partial charge in [-0.3, -0.25) is 0 Å². The number of hydrogen-bond donors (Lipinski definition) is 2. The minimum atomic E-state index is -2.59. The molecular formula is C15H23F3N2O. The number of benzene rings is 1. The van der Waals surface area contributed by atoms with Crippen LogP contribution < -0.4 is 10.2 Å². The van der Waals surface area contributed by atoms with Gasteiger partial charge in [-0.1, -0.05) is 6.07 Å². The summed E-state index contributed by atoms with van der Waals surface area (Å²) < 4.78 is 39.1. The summed E-state index contributed by atoms with van der Waals surface area (Å²) in [5.74, 6) is -0.558. The average molecular weight is 304 g/mol. The third-order valence-corrected chi connectivity index (χ3v) is 2.90. The van der Waals surface area contributed by atoms with Crippen molar-refractivity contribution in [3.8, 4) is 0 Å². The van der Waals surface area contributed by atoms with Crippen LogP contribution in [-0.2, 0) is 6.54 Å². The van der Waals surface area contributed by atoms with E-state index in [1.807, 2.05) is 20.8 Å². The zero-order chi connectivity index (χ0) is 16.0. The van der Waals surface area contributed by atoms with E-state index in [1.54, 1.807) is 6.07 Å². The van der Waals surface area contributed by atoms with E-state index in [2.05, 4.69) is 5.32 Å². The fourth-order valence-electron chi connectivity index (χ4n) is 1.88. The van der Waals surface area contributed by atoms with Gasteiger partial charge in [-0.2, -0.15) is 0 Å². The van der Waals surface area contributed by atoms with E-state index < -0.39 is 18.8 Å². The smallest absolute Gasteiger partial charge is 0.255 e. The van der Waals surface area contributed by atoms with E-state index in [1.165, 1.54) is 12.1 Å². The van der Waals surface area contributed by atoms with Gasteiger partial charge in [0.25, 0.3) is 6.43 Å². The maximum Gasteiger partial charge on any atom is 0.255 e. The minimum Gasteiger partial charge on any atom is -0.395 e. The zero-order valence-corrected chi connectivity index (χ0v) is 12.7. The molecule has 0 amide bonds. The molecule has 0 heterocycles. The van der Waals surface area contributed by atoms with Crippen molar-refractivity contribution in [1.82, 2.24) is 5.32 Å². The Kier molecular flexibility index (Phi) is 6.48. The van der Waals surface area contributed by atoms with Crippen LogP contribution >= 0.6 is 0 Å². The van der Waals surface area contributed by atoms with Crippen molar-refractivity contribution >= 4 is 5.69 Å². The molecule has 0 aromatic heterocycles. The molecular weight excluding hydrogens is 281 g/mol. The Bertz CT molecular complexity index is 447. The third-order valence-electron chi connectivity index (χ3n) is 2.90. The summed E-state index contributed by atoms with van der Waals surface area (Å²) in [5, 5.41) is 12.1. The first kappa shape index (κ1) is 17.8. The molecule has 0 spiro atoms. The lowest BCUT2D eigenvalue weighted by Gasteiger charge is -2.25. The molecule has 0 saturated carbocycles. The minimum absolute atomic E-state index is 0.0269. The molecule has 0 aliphatic carbocycles. The number of halogens is 3. The molecule has 120 valence electrons. The molecule has 1 aromatic carbocycles. The molecule has 0 aliphatic rings. The van der Waals surface area contributed by atoms with Gasteiger partial charge in [-0.25, -0.2) is 13.2 Å². The SMILES string of the molecule is CC(C)(C)NCc1ccc(N(CCO)CC(F)F)c(F)c1. The van der Waals surface area contributed by atoms with Crippen LogP contribution in [-0.4, -0.2) is 36.8 Å². The van der Waals surface area contributed by atoms with Gasteiger partial charge in [0.1, 0.15) is 5.82 Å². The number of hydrogen-bond acceptors (Lipinski definition) is 3. The van der Waals surface area contributed by atoms with Gasteiger partial charge in [0, 0.05) is 18.6 Å². The summed E-state index contributed by atoms with van der Waals surface area (Å²) in [6.45, 7) is 5.57. The highest BCUT2D eigenvalue weighted by Crippen LogP contribution is 2.21.